The van der Waals surface area contributed by atoms with E-state index in [-0.39, 0.29) is 12.5 Å². The number of carbonyl (C=O) groups is 1. The van der Waals surface area contributed by atoms with Gasteiger partial charge in [0.05, 0.1) is 0 Å². The summed E-state index contributed by atoms with van der Waals surface area (Å²) >= 11 is 1.94. The largest absolute Gasteiger partial charge is 0.354 e. The van der Waals surface area contributed by atoms with Gasteiger partial charge in [-0.1, -0.05) is 12.5 Å². The molecule has 6 heteroatoms. The zero-order chi connectivity index (χ0) is 15.7. The molecule has 5 nitrogen and oxygen atoms in total. The molecule has 0 radical (unpaired) electrons. The van der Waals surface area contributed by atoms with Crippen molar-refractivity contribution in [3.8, 4) is 0 Å². The van der Waals surface area contributed by atoms with Gasteiger partial charge < -0.3 is 15.5 Å². The number of aliphatic imine (C=N–C) groups is 1. The Morgan fingerprint density at radius 3 is 2.86 bits per heavy atom. The van der Waals surface area contributed by atoms with Crippen LogP contribution in [0.2, 0.25) is 0 Å². The molecule has 2 N–H and O–H groups in total. The number of thioether (sulfide) groups is 1. The second kappa shape index (κ2) is 9.71. The standard InChI is InChI=1S/C15H28N4OS/c1-5-9-16-15(17-11-14(20)19(2)3)18-12-7-6-8-13(10-12)21-4/h5,12-13H,1,6-11H2,2-4H3,(H2,16,17,18). The molecule has 0 saturated heterocycles. The Kier molecular flexibility index (Phi) is 8.27. The lowest BCUT2D eigenvalue weighted by Crippen LogP contribution is -2.46. The fourth-order valence-corrected chi connectivity index (χ4v) is 3.12. The molecule has 1 aliphatic carbocycles. The third-order valence-electron chi connectivity index (χ3n) is 3.59. The number of rotatable bonds is 6. The molecule has 0 aromatic carbocycles. The molecule has 0 aromatic heterocycles. The summed E-state index contributed by atoms with van der Waals surface area (Å²) in [5, 5.41) is 7.37. The molecule has 2 unspecified atom stereocenters. The van der Waals surface area contributed by atoms with E-state index in [2.05, 4.69) is 28.5 Å². The van der Waals surface area contributed by atoms with E-state index in [1.807, 2.05) is 11.8 Å². The molecule has 21 heavy (non-hydrogen) atoms. The number of carbonyl (C=O) groups excluding carboxylic acids is 1. The fraction of sp³-hybridized carbons (Fsp3) is 0.733. The molecule has 0 aromatic rings. The highest BCUT2D eigenvalue weighted by Gasteiger charge is 2.22. The molecular formula is C15H28N4OS. The van der Waals surface area contributed by atoms with Crippen molar-refractivity contribution < 1.29 is 4.79 Å². The van der Waals surface area contributed by atoms with Crippen LogP contribution < -0.4 is 10.6 Å². The summed E-state index contributed by atoms with van der Waals surface area (Å²) in [6.07, 6.45) is 8.81. The van der Waals surface area contributed by atoms with Crippen LogP contribution in [-0.4, -0.2) is 61.5 Å². The molecule has 1 amide bonds. The number of likely N-dealkylation sites (N-methyl/N-ethyl adjacent to an activating group) is 1. The van der Waals surface area contributed by atoms with E-state index in [9.17, 15) is 4.79 Å². The molecule has 2 atom stereocenters. The predicted molar refractivity (Wildman–Crippen MR) is 91.9 cm³/mol. The van der Waals surface area contributed by atoms with Gasteiger partial charge >= 0.3 is 0 Å². The van der Waals surface area contributed by atoms with E-state index >= 15 is 0 Å². The van der Waals surface area contributed by atoms with Crippen molar-refractivity contribution in [3.63, 3.8) is 0 Å². The summed E-state index contributed by atoms with van der Waals surface area (Å²) in [6, 6.07) is 0.432. The van der Waals surface area contributed by atoms with E-state index in [1.165, 1.54) is 12.8 Å². The molecule has 1 saturated carbocycles. The Morgan fingerprint density at radius 2 is 2.24 bits per heavy atom. The van der Waals surface area contributed by atoms with Gasteiger partial charge in [-0.05, 0) is 25.5 Å². The number of hydrogen-bond donors (Lipinski definition) is 2. The predicted octanol–water partition coefficient (Wildman–Crippen LogP) is 1.47. The number of guanidine groups is 1. The van der Waals surface area contributed by atoms with Crippen LogP contribution in [0.15, 0.2) is 17.6 Å². The number of nitrogens with one attached hydrogen (secondary N) is 2. The normalized spacial score (nSPS) is 22.5. The van der Waals surface area contributed by atoms with Gasteiger partial charge in [-0.2, -0.15) is 11.8 Å². The van der Waals surface area contributed by atoms with Gasteiger partial charge in [-0.25, -0.2) is 4.99 Å². The van der Waals surface area contributed by atoms with Crippen molar-refractivity contribution in [1.82, 2.24) is 15.5 Å². The zero-order valence-electron chi connectivity index (χ0n) is 13.4. The summed E-state index contributed by atoms with van der Waals surface area (Å²) < 4.78 is 0. The van der Waals surface area contributed by atoms with E-state index in [4.69, 9.17) is 0 Å². The highest BCUT2D eigenvalue weighted by molar-refractivity contribution is 7.99. The lowest BCUT2D eigenvalue weighted by Gasteiger charge is -2.29. The molecule has 0 aliphatic heterocycles. The van der Waals surface area contributed by atoms with Crippen LogP contribution in [0.25, 0.3) is 0 Å². The second-order valence-electron chi connectivity index (χ2n) is 5.49. The summed E-state index contributed by atoms with van der Waals surface area (Å²) in [6.45, 7) is 4.51. The van der Waals surface area contributed by atoms with Gasteiger partial charge in [0.25, 0.3) is 0 Å². The molecule has 120 valence electrons. The van der Waals surface area contributed by atoms with Crippen LogP contribution in [0, 0.1) is 0 Å². The topological polar surface area (TPSA) is 56.7 Å². The van der Waals surface area contributed by atoms with Gasteiger partial charge in [0, 0.05) is 31.9 Å². The van der Waals surface area contributed by atoms with Crippen molar-refractivity contribution >= 4 is 23.6 Å². The monoisotopic (exact) mass is 312 g/mol. The second-order valence-corrected chi connectivity index (χ2v) is 6.63. The third-order valence-corrected chi connectivity index (χ3v) is 4.68. The Labute approximate surface area is 132 Å². The number of nitrogens with zero attached hydrogens (tertiary/aromatic N) is 2. The van der Waals surface area contributed by atoms with Crippen molar-refractivity contribution in [3.05, 3.63) is 12.7 Å². The first kappa shape index (κ1) is 17.9. The number of amides is 1. The molecular weight excluding hydrogens is 284 g/mol. The molecule has 1 rings (SSSR count). The first-order chi connectivity index (χ1) is 10.1. The molecule has 1 fully saturated rings. The maximum Gasteiger partial charge on any atom is 0.243 e. The van der Waals surface area contributed by atoms with Crippen molar-refractivity contribution in [1.29, 1.82) is 0 Å². The third kappa shape index (κ3) is 6.89. The lowest BCUT2D eigenvalue weighted by atomic mass is 9.95. The Hall–Kier alpha value is -1.17. The average molecular weight is 312 g/mol. The van der Waals surface area contributed by atoms with Crippen LogP contribution >= 0.6 is 11.8 Å². The summed E-state index contributed by atoms with van der Waals surface area (Å²) in [5.74, 6) is 0.706. The van der Waals surface area contributed by atoms with E-state index in [0.717, 1.165) is 18.1 Å². The molecule has 1 aliphatic rings. The van der Waals surface area contributed by atoms with Crippen LogP contribution in [0.3, 0.4) is 0 Å². The maximum atomic E-state index is 11.7. The van der Waals surface area contributed by atoms with Gasteiger partial charge in [-0.3, -0.25) is 4.79 Å². The van der Waals surface area contributed by atoms with Crippen LogP contribution in [-0.2, 0) is 4.79 Å². The van der Waals surface area contributed by atoms with Gasteiger partial charge in [0.2, 0.25) is 5.91 Å². The SMILES string of the molecule is C=CCNC(=NCC(=O)N(C)C)NC1CCCC(SC)C1. The quantitative estimate of drug-likeness (QED) is 0.443. The average Bonchev–Trinajstić information content (AvgIpc) is 2.49. The fourth-order valence-electron chi connectivity index (χ4n) is 2.29. The molecule has 0 spiro atoms. The Morgan fingerprint density at radius 1 is 1.48 bits per heavy atom. The highest BCUT2D eigenvalue weighted by Crippen LogP contribution is 2.26. The van der Waals surface area contributed by atoms with E-state index in [0.29, 0.717) is 18.5 Å². The highest BCUT2D eigenvalue weighted by atomic mass is 32.2. The van der Waals surface area contributed by atoms with Crippen molar-refractivity contribution in [2.75, 3.05) is 33.4 Å². The van der Waals surface area contributed by atoms with Crippen molar-refractivity contribution in [2.45, 2.75) is 37.0 Å². The summed E-state index contributed by atoms with van der Waals surface area (Å²) in [7, 11) is 3.48. The molecule has 0 heterocycles. The minimum atomic E-state index is 0.000312. The first-order valence-electron chi connectivity index (χ1n) is 7.45. The maximum absolute atomic E-state index is 11.7. The Balaban J connectivity index is 2.57. The molecule has 0 bridgehead atoms. The van der Waals surface area contributed by atoms with Crippen LogP contribution in [0.1, 0.15) is 25.7 Å². The van der Waals surface area contributed by atoms with Gasteiger partial charge in [-0.15, -0.1) is 6.58 Å². The van der Waals surface area contributed by atoms with Gasteiger partial charge in [0.1, 0.15) is 6.54 Å². The smallest absolute Gasteiger partial charge is 0.243 e. The Bertz CT molecular complexity index is 371. The summed E-state index contributed by atoms with van der Waals surface area (Å²) in [4.78, 5) is 17.6. The van der Waals surface area contributed by atoms with Crippen LogP contribution in [0.4, 0.5) is 0 Å². The van der Waals surface area contributed by atoms with E-state index in [1.54, 1.807) is 25.1 Å². The summed E-state index contributed by atoms with van der Waals surface area (Å²) in [5.41, 5.74) is 0. The number of hydrogen-bond acceptors (Lipinski definition) is 3. The lowest BCUT2D eigenvalue weighted by molar-refractivity contribution is -0.127. The van der Waals surface area contributed by atoms with E-state index < -0.39 is 0 Å². The zero-order valence-corrected chi connectivity index (χ0v) is 14.2. The first-order valence-corrected chi connectivity index (χ1v) is 8.74. The van der Waals surface area contributed by atoms with Crippen molar-refractivity contribution in [2.24, 2.45) is 4.99 Å². The minimum Gasteiger partial charge on any atom is -0.354 e. The van der Waals surface area contributed by atoms with Crippen LogP contribution in [0.5, 0.6) is 0 Å². The van der Waals surface area contributed by atoms with Gasteiger partial charge in [0.15, 0.2) is 5.96 Å². The minimum absolute atomic E-state index is 0.000312.